The number of aliphatic hydroxyl groups excluding tert-OH is 1. The zero-order valence-electron chi connectivity index (χ0n) is 9.24. The number of ether oxygens (including phenoxy) is 1. The average molecular weight is 283 g/mol. The van der Waals surface area contributed by atoms with Crippen molar-refractivity contribution in [3.05, 3.63) is 27.7 Å². The highest BCUT2D eigenvalue weighted by molar-refractivity contribution is 9.10. The van der Waals surface area contributed by atoms with Gasteiger partial charge in [-0.3, -0.25) is 0 Å². The molecular weight excluding hydrogens is 268 g/mol. The second kappa shape index (κ2) is 3.74. The molecule has 2 nitrogen and oxygen atoms in total. The third-order valence-electron chi connectivity index (χ3n) is 3.67. The molecule has 0 amide bonds. The lowest BCUT2D eigenvalue weighted by Gasteiger charge is -2.15. The molecule has 3 unspecified atom stereocenters. The molecule has 3 heteroatoms. The molecule has 1 aliphatic carbocycles. The van der Waals surface area contributed by atoms with Gasteiger partial charge in [0.2, 0.25) is 0 Å². The van der Waals surface area contributed by atoms with Gasteiger partial charge < -0.3 is 9.84 Å². The first-order valence-corrected chi connectivity index (χ1v) is 6.59. The van der Waals surface area contributed by atoms with Crippen LogP contribution in [-0.4, -0.2) is 11.7 Å². The average Bonchev–Trinajstić information content (AvgIpc) is 2.78. The van der Waals surface area contributed by atoms with Gasteiger partial charge in [-0.15, -0.1) is 0 Å². The molecule has 0 aromatic heterocycles. The highest BCUT2D eigenvalue weighted by Crippen LogP contribution is 2.50. The predicted molar refractivity (Wildman–Crippen MR) is 65.6 cm³/mol. The summed E-state index contributed by atoms with van der Waals surface area (Å²) in [5.74, 6) is 1.99. The van der Waals surface area contributed by atoms with Crippen LogP contribution in [0.3, 0.4) is 0 Å². The lowest BCUT2D eigenvalue weighted by Crippen LogP contribution is -2.03. The quantitative estimate of drug-likeness (QED) is 0.903. The molecule has 0 saturated heterocycles. The highest BCUT2D eigenvalue weighted by Gasteiger charge is 2.41. The zero-order chi connectivity index (χ0) is 11.3. The van der Waals surface area contributed by atoms with E-state index in [2.05, 4.69) is 28.9 Å². The number of rotatable bonds is 2. The fraction of sp³-hybridized carbons (Fsp3) is 0.538. The number of benzene rings is 1. The molecule has 0 radical (unpaired) electrons. The summed E-state index contributed by atoms with van der Waals surface area (Å²) in [7, 11) is 0. The molecule has 86 valence electrons. The number of halogens is 1. The van der Waals surface area contributed by atoms with Gasteiger partial charge in [-0.05, 0) is 36.0 Å². The standard InChI is InChI=1S/C13H15BrO2/c1-7-4-10(7)12(15)11-6-9(14)5-8-2-3-16-13(8)11/h5-7,10,12,15H,2-4H2,1H3. The largest absolute Gasteiger partial charge is 0.493 e. The van der Waals surface area contributed by atoms with Crippen LogP contribution in [0.4, 0.5) is 0 Å². The van der Waals surface area contributed by atoms with E-state index in [1.807, 2.05) is 6.07 Å². The third kappa shape index (κ3) is 1.66. The minimum atomic E-state index is -0.362. The fourth-order valence-electron chi connectivity index (χ4n) is 2.54. The van der Waals surface area contributed by atoms with E-state index < -0.39 is 0 Å². The van der Waals surface area contributed by atoms with Crippen LogP contribution in [0.2, 0.25) is 0 Å². The van der Waals surface area contributed by atoms with Gasteiger partial charge in [0.25, 0.3) is 0 Å². The Labute approximate surface area is 104 Å². The summed E-state index contributed by atoms with van der Waals surface area (Å²) in [6, 6.07) is 4.09. The maximum Gasteiger partial charge on any atom is 0.128 e. The number of aliphatic hydroxyl groups is 1. The molecule has 3 atom stereocenters. The van der Waals surface area contributed by atoms with Crippen LogP contribution in [0.5, 0.6) is 5.75 Å². The number of hydrogen-bond acceptors (Lipinski definition) is 2. The van der Waals surface area contributed by atoms with Gasteiger partial charge in [-0.25, -0.2) is 0 Å². The second-order valence-corrected chi connectivity index (χ2v) is 5.82. The molecule has 3 rings (SSSR count). The van der Waals surface area contributed by atoms with Gasteiger partial charge >= 0.3 is 0 Å². The van der Waals surface area contributed by atoms with Crippen molar-refractivity contribution in [2.45, 2.75) is 25.9 Å². The third-order valence-corrected chi connectivity index (χ3v) is 4.13. The van der Waals surface area contributed by atoms with Crippen LogP contribution < -0.4 is 4.74 Å². The van der Waals surface area contributed by atoms with Crippen molar-refractivity contribution < 1.29 is 9.84 Å². The number of hydrogen-bond donors (Lipinski definition) is 1. The summed E-state index contributed by atoms with van der Waals surface area (Å²) < 4.78 is 6.68. The van der Waals surface area contributed by atoms with E-state index in [1.54, 1.807) is 0 Å². The second-order valence-electron chi connectivity index (χ2n) is 4.90. The van der Waals surface area contributed by atoms with Gasteiger partial charge in [0.1, 0.15) is 5.75 Å². The molecule has 1 saturated carbocycles. The summed E-state index contributed by atoms with van der Waals surface area (Å²) in [5.41, 5.74) is 2.19. The van der Waals surface area contributed by atoms with Crippen LogP contribution >= 0.6 is 15.9 Å². The Balaban J connectivity index is 1.99. The van der Waals surface area contributed by atoms with Crippen molar-refractivity contribution in [3.8, 4) is 5.75 Å². The number of fused-ring (bicyclic) bond motifs is 1. The first-order valence-electron chi connectivity index (χ1n) is 5.80. The molecular formula is C13H15BrO2. The Morgan fingerprint density at radius 1 is 1.50 bits per heavy atom. The van der Waals surface area contributed by atoms with Crippen LogP contribution in [0.15, 0.2) is 16.6 Å². The predicted octanol–water partition coefficient (Wildman–Crippen LogP) is 3.07. The minimum absolute atomic E-state index is 0.362. The van der Waals surface area contributed by atoms with E-state index >= 15 is 0 Å². The summed E-state index contributed by atoms with van der Waals surface area (Å²) in [6.07, 6.45) is 1.72. The molecule has 1 aromatic carbocycles. The molecule has 0 spiro atoms. The molecule has 1 N–H and O–H groups in total. The molecule has 0 bridgehead atoms. The van der Waals surface area contributed by atoms with Crippen LogP contribution in [-0.2, 0) is 6.42 Å². The Morgan fingerprint density at radius 2 is 2.25 bits per heavy atom. The van der Waals surface area contributed by atoms with Crippen molar-refractivity contribution in [1.29, 1.82) is 0 Å². The lowest BCUT2D eigenvalue weighted by atomic mass is 10.00. The summed E-state index contributed by atoms with van der Waals surface area (Å²) in [5, 5.41) is 10.3. The lowest BCUT2D eigenvalue weighted by molar-refractivity contribution is 0.144. The Kier molecular flexibility index (Phi) is 2.48. The van der Waals surface area contributed by atoms with E-state index in [0.29, 0.717) is 11.8 Å². The van der Waals surface area contributed by atoms with Crippen LogP contribution in [0.1, 0.15) is 30.6 Å². The maximum atomic E-state index is 10.3. The Morgan fingerprint density at radius 3 is 2.94 bits per heavy atom. The van der Waals surface area contributed by atoms with Crippen molar-refractivity contribution in [1.82, 2.24) is 0 Å². The van der Waals surface area contributed by atoms with Crippen molar-refractivity contribution in [3.63, 3.8) is 0 Å². The van der Waals surface area contributed by atoms with E-state index in [9.17, 15) is 5.11 Å². The molecule has 1 fully saturated rings. The van der Waals surface area contributed by atoms with Gasteiger partial charge in [-0.2, -0.15) is 0 Å². The van der Waals surface area contributed by atoms with E-state index in [-0.39, 0.29) is 6.10 Å². The first-order chi connectivity index (χ1) is 7.66. The zero-order valence-corrected chi connectivity index (χ0v) is 10.8. The molecule has 2 aliphatic rings. The Bertz CT molecular complexity index is 430. The first kappa shape index (κ1) is 10.6. The van der Waals surface area contributed by atoms with Gasteiger partial charge in [0, 0.05) is 16.5 Å². The van der Waals surface area contributed by atoms with Crippen molar-refractivity contribution in [2.75, 3.05) is 6.61 Å². The van der Waals surface area contributed by atoms with Gasteiger partial charge in [-0.1, -0.05) is 22.9 Å². The summed E-state index contributed by atoms with van der Waals surface area (Å²) >= 11 is 3.50. The highest BCUT2D eigenvalue weighted by atomic mass is 79.9. The molecule has 1 aromatic rings. The normalized spacial score (nSPS) is 28.4. The molecule has 16 heavy (non-hydrogen) atoms. The van der Waals surface area contributed by atoms with Crippen molar-refractivity contribution >= 4 is 15.9 Å². The van der Waals surface area contributed by atoms with E-state index in [1.165, 1.54) is 5.56 Å². The summed E-state index contributed by atoms with van der Waals surface area (Å²) in [6.45, 7) is 2.93. The fourth-order valence-corrected chi connectivity index (χ4v) is 3.06. The Hall–Kier alpha value is -0.540. The van der Waals surface area contributed by atoms with E-state index in [0.717, 1.165) is 35.2 Å². The minimum Gasteiger partial charge on any atom is -0.493 e. The monoisotopic (exact) mass is 282 g/mol. The van der Waals surface area contributed by atoms with Gasteiger partial charge in [0.15, 0.2) is 0 Å². The van der Waals surface area contributed by atoms with Crippen molar-refractivity contribution in [2.24, 2.45) is 11.8 Å². The van der Waals surface area contributed by atoms with Gasteiger partial charge in [0.05, 0.1) is 12.7 Å². The van der Waals surface area contributed by atoms with Crippen LogP contribution in [0, 0.1) is 11.8 Å². The summed E-state index contributed by atoms with van der Waals surface area (Å²) in [4.78, 5) is 0. The van der Waals surface area contributed by atoms with Crippen LogP contribution in [0.25, 0.3) is 0 Å². The topological polar surface area (TPSA) is 29.5 Å². The molecule has 1 aliphatic heterocycles. The van der Waals surface area contributed by atoms with E-state index in [4.69, 9.17) is 4.74 Å². The maximum absolute atomic E-state index is 10.3. The smallest absolute Gasteiger partial charge is 0.128 e. The SMILES string of the molecule is CC1CC1C(O)c1cc(Br)cc2c1OCC2. The molecule has 1 heterocycles.